The molecule has 1 aromatic heterocycles. The zero-order chi connectivity index (χ0) is 22.4. The third kappa shape index (κ3) is 6.91. The average Bonchev–Trinajstić information content (AvgIpc) is 3.16. The average molecular weight is 496 g/mol. The third-order valence-electron chi connectivity index (χ3n) is 5.28. The van der Waals surface area contributed by atoms with Gasteiger partial charge in [-0.1, -0.05) is 31.3 Å². The molecule has 0 saturated heterocycles. The molecular formula is C24H31ClFN3OS2. The highest BCUT2D eigenvalue weighted by Crippen LogP contribution is 2.32. The van der Waals surface area contributed by atoms with Gasteiger partial charge in [0.25, 0.3) is 0 Å². The van der Waals surface area contributed by atoms with Crippen molar-refractivity contribution < 1.29 is 9.18 Å². The molecule has 8 heteroatoms. The van der Waals surface area contributed by atoms with Crippen molar-refractivity contribution in [2.75, 3.05) is 36.8 Å². The first-order chi connectivity index (χ1) is 14.9. The maximum Gasteiger partial charge on any atom is 0.229 e. The molecule has 0 aliphatic heterocycles. The van der Waals surface area contributed by atoms with E-state index in [0.717, 1.165) is 45.4 Å². The maximum atomic E-state index is 13.2. The number of anilines is 1. The first-order valence-corrected chi connectivity index (χ1v) is 12.5. The van der Waals surface area contributed by atoms with Crippen LogP contribution < -0.4 is 4.90 Å². The first-order valence-electron chi connectivity index (χ1n) is 10.7. The third-order valence-corrected chi connectivity index (χ3v) is 7.32. The highest BCUT2D eigenvalue weighted by molar-refractivity contribution is 7.99. The lowest BCUT2D eigenvalue weighted by Crippen LogP contribution is -2.39. The minimum absolute atomic E-state index is 0. The van der Waals surface area contributed by atoms with Gasteiger partial charge in [-0.25, -0.2) is 9.37 Å². The molecule has 0 unspecified atom stereocenters. The summed E-state index contributed by atoms with van der Waals surface area (Å²) in [5.74, 6) is 0.481. The topological polar surface area (TPSA) is 36.4 Å². The van der Waals surface area contributed by atoms with E-state index in [0.29, 0.717) is 18.7 Å². The SMILES string of the molecule is CCN(CC)CCN(C(=O)CCSc1ccc(F)cc1)c1nc2c(C)cc(C)cc2s1.Cl. The number of hydrogen-bond acceptors (Lipinski definition) is 5. The van der Waals surface area contributed by atoms with E-state index in [9.17, 15) is 9.18 Å². The second-order valence-corrected chi connectivity index (χ2v) is 9.73. The Labute approximate surface area is 204 Å². The molecule has 0 N–H and O–H groups in total. The summed E-state index contributed by atoms with van der Waals surface area (Å²) >= 11 is 3.16. The Kier molecular flexibility index (Phi) is 10.4. The van der Waals surface area contributed by atoms with Gasteiger partial charge in [-0.15, -0.1) is 24.2 Å². The van der Waals surface area contributed by atoms with Crippen LogP contribution in [0.3, 0.4) is 0 Å². The van der Waals surface area contributed by atoms with Gasteiger partial charge in [0, 0.05) is 30.2 Å². The van der Waals surface area contributed by atoms with Crippen LogP contribution in [0.5, 0.6) is 0 Å². The van der Waals surface area contributed by atoms with Crippen molar-refractivity contribution in [1.82, 2.24) is 9.88 Å². The Morgan fingerprint density at radius 1 is 1.09 bits per heavy atom. The molecule has 174 valence electrons. The lowest BCUT2D eigenvalue weighted by Gasteiger charge is -2.24. The van der Waals surface area contributed by atoms with Gasteiger partial charge in [0.05, 0.1) is 10.2 Å². The van der Waals surface area contributed by atoms with Crippen molar-refractivity contribution in [2.45, 2.75) is 39.0 Å². The molecule has 1 heterocycles. The molecule has 0 aliphatic carbocycles. The summed E-state index contributed by atoms with van der Waals surface area (Å²) in [5.41, 5.74) is 3.32. The van der Waals surface area contributed by atoms with Gasteiger partial charge in [0.15, 0.2) is 5.13 Å². The largest absolute Gasteiger partial charge is 0.302 e. The van der Waals surface area contributed by atoms with Crippen LogP contribution >= 0.6 is 35.5 Å². The lowest BCUT2D eigenvalue weighted by atomic mass is 10.1. The Morgan fingerprint density at radius 3 is 2.44 bits per heavy atom. The zero-order valence-corrected chi connectivity index (χ0v) is 21.5. The van der Waals surface area contributed by atoms with E-state index in [-0.39, 0.29) is 24.1 Å². The fourth-order valence-electron chi connectivity index (χ4n) is 3.50. The van der Waals surface area contributed by atoms with E-state index in [1.807, 2.05) is 4.90 Å². The minimum Gasteiger partial charge on any atom is -0.302 e. The molecule has 0 bridgehead atoms. The molecule has 0 saturated carbocycles. The summed E-state index contributed by atoms with van der Waals surface area (Å²) < 4.78 is 14.2. The number of amides is 1. The molecule has 1 amide bonds. The molecule has 2 aromatic carbocycles. The maximum absolute atomic E-state index is 13.2. The van der Waals surface area contributed by atoms with E-state index in [1.165, 1.54) is 17.7 Å². The first kappa shape index (κ1) is 26.6. The predicted octanol–water partition coefficient (Wildman–Crippen LogP) is 6.33. The summed E-state index contributed by atoms with van der Waals surface area (Å²) in [4.78, 5) is 23.2. The molecule has 3 rings (SSSR count). The van der Waals surface area contributed by atoms with Crippen molar-refractivity contribution >= 4 is 56.8 Å². The van der Waals surface area contributed by atoms with Crippen molar-refractivity contribution in [3.05, 3.63) is 53.3 Å². The van der Waals surface area contributed by atoms with Crippen molar-refractivity contribution in [3.8, 4) is 0 Å². The molecule has 3 aromatic rings. The normalized spacial score (nSPS) is 11.1. The number of likely N-dealkylation sites (N-methyl/N-ethyl adjacent to an activating group) is 1. The van der Waals surface area contributed by atoms with E-state index in [1.54, 1.807) is 35.2 Å². The number of nitrogens with zero attached hydrogens (tertiary/aromatic N) is 3. The molecule has 32 heavy (non-hydrogen) atoms. The van der Waals surface area contributed by atoms with Crippen LogP contribution in [0.1, 0.15) is 31.4 Å². The monoisotopic (exact) mass is 495 g/mol. The lowest BCUT2D eigenvalue weighted by molar-refractivity contribution is -0.118. The van der Waals surface area contributed by atoms with Crippen LogP contribution in [-0.2, 0) is 4.79 Å². The molecule has 0 aliphatic rings. The summed E-state index contributed by atoms with van der Waals surface area (Å²) in [7, 11) is 0. The summed E-state index contributed by atoms with van der Waals surface area (Å²) in [6.07, 6.45) is 0.411. The van der Waals surface area contributed by atoms with Crippen LogP contribution in [0.2, 0.25) is 0 Å². The van der Waals surface area contributed by atoms with E-state index in [2.05, 4.69) is 44.7 Å². The highest BCUT2D eigenvalue weighted by atomic mass is 35.5. The summed E-state index contributed by atoms with van der Waals surface area (Å²) in [5, 5.41) is 0.771. The number of aryl methyl sites for hydroxylation is 2. The van der Waals surface area contributed by atoms with Crippen LogP contribution in [0.4, 0.5) is 9.52 Å². The van der Waals surface area contributed by atoms with Gasteiger partial charge in [-0.05, 0) is 68.4 Å². The van der Waals surface area contributed by atoms with Gasteiger partial charge in [0.2, 0.25) is 5.91 Å². The highest BCUT2D eigenvalue weighted by Gasteiger charge is 2.21. The quantitative estimate of drug-likeness (QED) is 0.308. The standard InChI is InChI=1S/C24H30FN3OS2.ClH/c1-5-27(6-2)12-13-28(22(29)11-14-30-20-9-7-19(25)8-10-20)24-26-23-18(4)15-17(3)16-21(23)31-24;/h7-10,15-16H,5-6,11-14H2,1-4H3;1H. The van der Waals surface area contributed by atoms with Gasteiger partial charge < -0.3 is 4.90 Å². The number of thiazole rings is 1. The Balaban J connectivity index is 0.00000363. The molecule has 0 radical (unpaired) electrons. The van der Waals surface area contributed by atoms with Gasteiger partial charge >= 0.3 is 0 Å². The second kappa shape index (κ2) is 12.5. The van der Waals surface area contributed by atoms with Crippen molar-refractivity contribution in [2.24, 2.45) is 0 Å². The fraction of sp³-hybridized carbons (Fsp3) is 0.417. The van der Waals surface area contributed by atoms with Crippen LogP contribution in [-0.4, -0.2) is 47.7 Å². The van der Waals surface area contributed by atoms with Crippen LogP contribution in [0.15, 0.2) is 41.3 Å². The number of aromatic nitrogens is 1. The van der Waals surface area contributed by atoms with Crippen LogP contribution in [0, 0.1) is 19.7 Å². The van der Waals surface area contributed by atoms with Crippen LogP contribution in [0.25, 0.3) is 10.2 Å². The number of halogens is 2. The number of hydrogen-bond donors (Lipinski definition) is 0. The van der Waals surface area contributed by atoms with Crippen molar-refractivity contribution in [3.63, 3.8) is 0 Å². The van der Waals surface area contributed by atoms with E-state index >= 15 is 0 Å². The number of fused-ring (bicyclic) bond motifs is 1. The number of benzene rings is 2. The summed E-state index contributed by atoms with van der Waals surface area (Å²) in [6, 6.07) is 10.7. The molecule has 0 fully saturated rings. The van der Waals surface area contributed by atoms with E-state index in [4.69, 9.17) is 4.98 Å². The summed E-state index contributed by atoms with van der Waals surface area (Å²) in [6.45, 7) is 11.8. The molecular weight excluding hydrogens is 465 g/mol. The Morgan fingerprint density at radius 2 is 1.78 bits per heavy atom. The molecule has 0 spiro atoms. The van der Waals surface area contributed by atoms with Gasteiger partial charge in [-0.2, -0.15) is 0 Å². The Bertz CT molecular complexity index is 1020. The zero-order valence-electron chi connectivity index (χ0n) is 19.1. The minimum atomic E-state index is -0.246. The fourth-order valence-corrected chi connectivity index (χ4v) is 5.53. The van der Waals surface area contributed by atoms with E-state index < -0.39 is 0 Å². The number of thioether (sulfide) groups is 1. The predicted molar refractivity (Wildman–Crippen MR) is 138 cm³/mol. The number of carbonyl (C=O) groups excluding carboxylic acids is 1. The Hall–Kier alpha value is -1.67. The van der Waals surface area contributed by atoms with Gasteiger partial charge in [-0.3, -0.25) is 9.69 Å². The molecule has 0 atom stereocenters. The second-order valence-electron chi connectivity index (χ2n) is 7.55. The van der Waals surface area contributed by atoms with Gasteiger partial charge in [0.1, 0.15) is 5.82 Å². The smallest absolute Gasteiger partial charge is 0.229 e. The van der Waals surface area contributed by atoms with Crippen molar-refractivity contribution in [1.29, 1.82) is 0 Å². The number of carbonyl (C=O) groups is 1. The number of rotatable bonds is 10. The molecule has 4 nitrogen and oxygen atoms in total.